The second-order valence-electron chi connectivity index (χ2n) is 7.30. The zero-order valence-corrected chi connectivity index (χ0v) is 15.9. The first kappa shape index (κ1) is 21.1. The summed E-state index contributed by atoms with van der Waals surface area (Å²) in [4.78, 5) is 12.7. The third-order valence-corrected chi connectivity index (χ3v) is 5.34. The van der Waals surface area contributed by atoms with E-state index in [-0.39, 0.29) is 22.5 Å². The number of phenolic OH excluding ortho intramolecular Hbond substituents is 3. The van der Waals surface area contributed by atoms with E-state index in [9.17, 15) is 40.5 Å². The van der Waals surface area contributed by atoms with Gasteiger partial charge in [-0.05, 0) is 24.3 Å². The molecule has 1 aliphatic heterocycles. The minimum absolute atomic E-state index is 0.0198. The van der Waals surface area contributed by atoms with E-state index in [2.05, 4.69) is 0 Å². The molecule has 1 fully saturated rings. The van der Waals surface area contributed by atoms with Crippen molar-refractivity contribution in [3.05, 3.63) is 52.2 Å². The summed E-state index contributed by atoms with van der Waals surface area (Å²) in [6.07, 6.45) is -7.95. The van der Waals surface area contributed by atoms with Crippen LogP contribution in [0.5, 0.6) is 17.2 Å². The van der Waals surface area contributed by atoms with Crippen LogP contribution in [-0.4, -0.2) is 66.8 Å². The molecule has 10 nitrogen and oxygen atoms in total. The fourth-order valence-electron chi connectivity index (χ4n) is 3.69. The molecular formula is C21H20O10. The topological polar surface area (TPSA) is 181 Å². The summed E-state index contributed by atoms with van der Waals surface area (Å²) in [5.41, 5.74) is -0.741. The molecule has 5 atom stereocenters. The molecule has 4 rings (SSSR count). The SMILES string of the molecule is O=c1cc(-c2ccc(O)cc2)oc2cc(O)c([C@@H]3OC(CO)[C@H](O)[C@@H](O)[C@H]3O)c(O)c12. The Balaban J connectivity index is 1.85. The van der Waals surface area contributed by atoms with Gasteiger partial charge in [-0.1, -0.05) is 0 Å². The minimum Gasteiger partial charge on any atom is -0.508 e. The van der Waals surface area contributed by atoms with Crippen molar-refractivity contribution in [1.29, 1.82) is 0 Å². The summed E-state index contributed by atoms with van der Waals surface area (Å²) in [5, 5.41) is 70.0. The highest BCUT2D eigenvalue weighted by atomic mass is 16.5. The Hall–Kier alpha value is -3.15. The van der Waals surface area contributed by atoms with Gasteiger partial charge >= 0.3 is 0 Å². The summed E-state index contributed by atoms with van der Waals surface area (Å²) in [6.45, 7) is -0.700. The first-order chi connectivity index (χ1) is 14.7. The smallest absolute Gasteiger partial charge is 0.197 e. The van der Waals surface area contributed by atoms with Gasteiger partial charge in [-0.15, -0.1) is 0 Å². The van der Waals surface area contributed by atoms with Gasteiger partial charge < -0.3 is 44.9 Å². The molecule has 164 valence electrons. The maximum absolute atomic E-state index is 12.7. The van der Waals surface area contributed by atoms with Gasteiger partial charge in [-0.2, -0.15) is 0 Å². The molecule has 1 aliphatic rings. The number of aliphatic hydroxyl groups excluding tert-OH is 4. The normalized spacial score (nSPS) is 26.3. The maximum Gasteiger partial charge on any atom is 0.197 e. The lowest BCUT2D eigenvalue weighted by Crippen LogP contribution is -2.55. The van der Waals surface area contributed by atoms with Gasteiger partial charge in [0.15, 0.2) is 5.43 Å². The monoisotopic (exact) mass is 432 g/mol. The van der Waals surface area contributed by atoms with E-state index in [4.69, 9.17) is 9.15 Å². The predicted molar refractivity (Wildman–Crippen MR) is 106 cm³/mol. The zero-order valence-electron chi connectivity index (χ0n) is 15.9. The Morgan fingerprint density at radius 1 is 0.903 bits per heavy atom. The molecule has 0 radical (unpaired) electrons. The molecule has 0 spiro atoms. The highest BCUT2D eigenvalue weighted by Gasteiger charge is 2.46. The number of aromatic hydroxyl groups is 3. The molecule has 2 aromatic carbocycles. The number of benzene rings is 2. The quantitative estimate of drug-likeness (QED) is 0.300. The van der Waals surface area contributed by atoms with Crippen molar-refractivity contribution in [2.24, 2.45) is 0 Å². The summed E-state index contributed by atoms with van der Waals surface area (Å²) in [5.74, 6) is -1.19. The molecule has 2 heterocycles. The van der Waals surface area contributed by atoms with Gasteiger partial charge in [-0.3, -0.25) is 4.79 Å². The highest BCUT2D eigenvalue weighted by molar-refractivity contribution is 5.88. The molecule has 1 unspecified atom stereocenters. The predicted octanol–water partition coefficient (Wildman–Crippen LogP) is 0.0917. The number of ether oxygens (including phenoxy) is 1. The van der Waals surface area contributed by atoms with E-state index >= 15 is 0 Å². The number of aliphatic hydroxyl groups is 4. The van der Waals surface area contributed by atoms with Crippen LogP contribution in [0, 0.1) is 0 Å². The maximum atomic E-state index is 12.7. The number of hydrogen-bond acceptors (Lipinski definition) is 10. The van der Waals surface area contributed by atoms with Gasteiger partial charge in [0.1, 0.15) is 64.5 Å². The van der Waals surface area contributed by atoms with E-state index in [0.29, 0.717) is 5.56 Å². The number of rotatable bonds is 3. The van der Waals surface area contributed by atoms with Crippen LogP contribution in [0.4, 0.5) is 0 Å². The molecule has 1 aromatic heterocycles. The second-order valence-corrected chi connectivity index (χ2v) is 7.30. The molecule has 1 saturated heterocycles. The van der Waals surface area contributed by atoms with Crippen molar-refractivity contribution in [3.63, 3.8) is 0 Å². The van der Waals surface area contributed by atoms with Gasteiger partial charge in [0.05, 0.1) is 12.2 Å². The first-order valence-electron chi connectivity index (χ1n) is 9.35. The summed E-state index contributed by atoms with van der Waals surface area (Å²) in [6, 6.07) is 8.00. The van der Waals surface area contributed by atoms with Crippen molar-refractivity contribution in [1.82, 2.24) is 0 Å². The van der Waals surface area contributed by atoms with E-state index < -0.39 is 59.6 Å². The van der Waals surface area contributed by atoms with Crippen molar-refractivity contribution in [2.45, 2.75) is 30.5 Å². The van der Waals surface area contributed by atoms with E-state index in [1.807, 2.05) is 0 Å². The molecule has 3 aromatic rings. The fraction of sp³-hybridized carbons (Fsp3) is 0.286. The lowest BCUT2D eigenvalue weighted by molar-refractivity contribution is -0.232. The van der Waals surface area contributed by atoms with Crippen LogP contribution in [0.15, 0.2) is 45.6 Å². The molecule has 0 bridgehead atoms. The molecule has 10 heteroatoms. The average Bonchev–Trinajstić information content (AvgIpc) is 2.73. The Labute approximate surface area is 174 Å². The van der Waals surface area contributed by atoms with Crippen molar-refractivity contribution in [3.8, 4) is 28.6 Å². The van der Waals surface area contributed by atoms with Crippen LogP contribution in [0.3, 0.4) is 0 Å². The minimum atomic E-state index is -1.77. The van der Waals surface area contributed by atoms with E-state index in [1.165, 1.54) is 24.3 Å². The number of phenols is 3. The Morgan fingerprint density at radius 3 is 2.23 bits per heavy atom. The molecule has 7 N–H and O–H groups in total. The van der Waals surface area contributed by atoms with Gasteiger partial charge in [0.2, 0.25) is 0 Å². The van der Waals surface area contributed by atoms with E-state index in [1.54, 1.807) is 0 Å². The lowest BCUT2D eigenvalue weighted by atomic mass is 9.89. The molecule has 0 saturated carbocycles. The summed E-state index contributed by atoms with van der Waals surface area (Å²) < 4.78 is 11.0. The van der Waals surface area contributed by atoms with Crippen molar-refractivity contribution < 1.29 is 44.9 Å². The second kappa shape index (κ2) is 7.84. The molecular weight excluding hydrogens is 412 g/mol. The van der Waals surface area contributed by atoms with Crippen LogP contribution >= 0.6 is 0 Å². The van der Waals surface area contributed by atoms with Gasteiger partial charge in [0.25, 0.3) is 0 Å². The Bertz CT molecular complexity index is 1170. The summed E-state index contributed by atoms with van der Waals surface area (Å²) >= 11 is 0. The van der Waals surface area contributed by atoms with Crippen LogP contribution in [-0.2, 0) is 4.74 Å². The standard InChI is InChI=1S/C21H20O10/c22-7-14-17(26)19(28)20(29)21(31-14)16-11(25)6-13-15(18(16)27)10(24)5-12(30-13)8-1-3-9(23)4-2-8/h1-6,14,17,19-23,25-29H,7H2/t14?,17-,19+,20+,21-/m0/s1. The van der Waals surface area contributed by atoms with E-state index in [0.717, 1.165) is 12.1 Å². The molecule has 31 heavy (non-hydrogen) atoms. The average molecular weight is 432 g/mol. The van der Waals surface area contributed by atoms with Gasteiger partial charge in [-0.25, -0.2) is 0 Å². The number of hydrogen-bond donors (Lipinski definition) is 7. The van der Waals surface area contributed by atoms with Crippen LogP contribution in [0.1, 0.15) is 11.7 Å². The van der Waals surface area contributed by atoms with Crippen LogP contribution in [0.2, 0.25) is 0 Å². The van der Waals surface area contributed by atoms with Gasteiger partial charge in [0, 0.05) is 17.7 Å². The van der Waals surface area contributed by atoms with Crippen LogP contribution < -0.4 is 5.43 Å². The molecule has 0 aliphatic carbocycles. The third kappa shape index (κ3) is 3.50. The lowest BCUT2D eigenvalue weighted by Gasteiger charge is -2.40. The zero-order chi connectivity index (χ0) is 22.4. The highest BCUT2D eigenvalue weighted by Crippen LogP contribution is 2.44. The first-order valence-corrected chi connectivity index (χ1v) is 9.35. The third-order valence-electron chi connectivity index (χ3n) is 5.34. The Morgan fingerprint density at radius 2 is 1.58 bits per heavy atom. The summed E-state index contributed by atoms with van der Waals surface area (Å²) in [7, 11) is 0. The van der Waals surface area contributed by atoms with Crippen molar-refractivity contribution in [2.75, 3.05) is 6.61 Å². The Kier molecular flexibility index (Phi) is 5.33. The van der Waals surface area contributed by atoms with Crippen LogP contribution in [0.25, 0.3) is 22.3 Å². The fourth-order valence-corrected chi connectivity index (χ4v) is 3.69. The van der Waals surface area contributed by atoms with Crippen molar-refractivity contribution >= 4 is 11.0 Å². The number of fused-ring (bicyclic) bond motifs is 1. The molecule has 0 amide bonds. The largest absolute Gasteiger partial charge is 0.508 e.